The van der Waals surface area contributed by atoms with Gasteiger partial charge in [-0.25, -0.2) is 4.79 Å². The summed E-state index contributed by atoms with van der Waals surface area (Å²) in [5.41, 5.74) is 2.33. The molecule has 5 rings (SSSR count). The smallest absolute Gasteiger partial charge is 0.411 e. The predicted octanol–water partition coefficient (Wildman–Crippen LogP) is 5.86. The van der Waals surface area contributed by atoms with E-state index in [9.17, 15) is 9.90 Å². The minimum Gasteiger partial charge on any atom is -0.438 e. The van der Waals surface area contributed by atoms with E-state index in [0.29, 0.717) is 25.4 Å². The number of carbonyl (C=O) groups is 1. The first-order valence-electron chi connectivity index (χ1n) is 13.2. The molecule has 2 saturated heterocycles. The zero-order valence-electron chi connectivity index (χ0n) is 22.0. The second-order valence-corrected chi connectivity index (χ2v) is 11.0. The van der Waals surface area contributed by atoms with E-state index in [1.807, 2.05) is 43.5 Å². The molecule has 1 N–H and O–H groups in total. The molecule has 7 nitrogen and oxygen atoms in total. The number of aliphatic hydroxyl groups is 1. The van der Waals surface area contributed by atoms with E-state index >= 15 is 0 Å². The topological polar surface area (TPSA) is 76.8 Å². The number of aromatic nitrogens is 2. The van der Waals surface area contributed by atoms with Gasteiger partial charge in [-0.15, -0.1) is 0 Å². The second kappa shape index (κ2) is 10.3. The molecule has 0 aliphatic carbocycles. The zero-order chi connectivity index (χ0) is 26.0. The van der Waals surface area contributed by atoms with Gasteiger partial charge in [0.05, 0.1) is 23.9 Å². The monoisotopic (exact) mass is 503 g/mol. The van der Waals surface area contributed by atoms with Crippen molar-refractivity contribution in [2.45, 2.75) is 69.7 Å². The Morgan fingerprint density at radius 1 is 1.08 bits per heavy atom. The lowest BCUT2D eigenvalue weighted by atomic mass is 9.80. The maximum atomic E-state index is 13.3. The third-order valence-electron chi connectivity index (χ3n) is 7.65. The van der Waals surface area contributed by atoms with E-state index in [1.54, 1.807) is 18.7 Å². The van der Waals surface area contributed by atoms with Crippen molar-refractivity contribution in [3.8, 4) is 11.1 Å². The molecular formula is C30H37N3O4. The molecule has 0 saturated carbocycles. The first-order chi connectivity index (χ1) is 17.7. The van der Waals surface area contributed by atoms with E-state index in [2.05, 4.69) is 40.2 Å². The summed E-state index contributed by atoms with van der Waals surface area (Å²) in [5, 5.41) is 15.2. The summed E-state index contributed by atoms with van der Waals surface area (Å²) < 4.78 is 13.7. The largest absolute Gasteiger partial charge is 0.438 e. The van der Waals surface area contributed by atoms with E-state index in [1.165, 1.54) is 0 Å². The fraction of sp³-hybridized carbons (Fsp3) is 0.467. The Labute approximate surface area is 219 Å². The van der Waals surface area contributed by atoms with Crippen LogP contribution in [0.15, 0.2) is 67.0 Å². The van der Waals surface area contributed by atoms with Crippen LogP contribution in [0, 0.1) is 0 Å². The summed E-state index contributed by atoms with van der Waals surface area (Å²) in [6, 6.07) is 18.4. The highest BCUT2D eigenvalue weighted by Crippen LogP contribution is 2.42. The number of benzene rings is 2. The van der Waals surface area contributed by atoms with Gasteiger partial charge in [0.25, 0.3) is 0 Å². The summed E-state index contributed by atoms with van der Waals surface area (Å²) in [7, 11) is 0. The zero-order valence-corrected chi connectivity index (χ0v) is 22.0. The van der Waals surface area contributed by atoms with Gasteiger partial charge in [0, 0.05) is 44.4 Å². The van der Waals surface area contributed by atoms with Crippen LogP contribution in [0.1, 0.15) is 69.7 Å². The molecule has 1 amide bonds. The number of nitrogens with zero attached hydrogens (tertiary/aromatic N) is 3. The molecule has 37 heavy (non-hydrogen) atoms. The Morgan fingerprint density at radius 2 is 1.78 bits per heavy atom. The van der Waals surface area contributed by atoms with Crippen molar-refractivity contribution in [3.05, 3.63) is 78.1 Å². The first kappa shape index (κ1) is 25.5. The number of hydrogen-bond acceptors (Lipinski definition) is 5. The lowest BCUT2D eigenvalue weighted by Gasteiger charge is -2.45. The van der Waals surface area contributed by atoms with E-state index in [0.717, 1.165) is 48.3 Å². The molecule has 2 aliphatic heterocycles. The van der Waals surface area contributed by atoms with Gasteiger partial charge in [0.15, 0.2) is 0 Å². The van der Waals surface area contributed by atoms with Crippen molar-refractivity contribution in [1.82, 2.24) is 14.7 Å². The maximum absolute atomic E-state index is 13.3. The van der Waals surface area contributed by atoms with Crippen LogP contribution in [0.2, 0.25) is 0 Å². The highest BCUT2D eigenvalue weighted by Gasteiger charge is 2.46. The summed E-state index contributed by atoms with van der Waals surface area (Å²) in [4.78, 5) is 15.1. The minimum atomic E-state index is -0.974. The normalized spacial score (nSPS) is 22.1. The number of amides is 1. The van der Waals surface area contributed by atoms with Crippen molar-refractivity contribution in [3.63, 3.8) is 0 Å². The molecule has 2 aliphatic rings. The quantitative estimate of drug-likeness (QED) is 0.437. The lowest BCUT2D eigenvalue weighted by molar-refractivity contribution is -0.101. The van der Waals surface area contributed by atoms with Gasteiger partial charge in [-0.3, -0.25) is 4.68 Å². The van der Waals surface area contributed by atoms with Crippen LogP contribution in [-0.4, -0.2) is 51.2 Å². The van der Waals surface area contributed by atoms with Gasteiger partial charge in [-0.05, 0) is 50.3 Å². The van der Waals surface area contributed by atoms with Crippen molar-refractivity contribution >= 4 is 6.09 Å². The van der Waals surface area contributed by atoms with Gasteiger partial charge in [0.2, 0.25) is 0 Å². The summed E-state index contributed by atoms with van der Waals surface area (Å²) in [6.07, 6.45) is 6.61. The third kappa shape index (κ3) is 5.58. The highest BCUT2D eigenvalue weighted by molar-refractivity contribution is 5.70. The molecule has 2 aromatic carbocycles. The first-order valence-corrected chi connectivity index (χ1v) is 13.2. The molecule has 1 aromatic heterocycles. The molecule has 0 bridgehead atoms. The molecule has 196 valence electrons. The lowest BCUT2D eigenvalue weighted by Crippen LogP contribution is -2.51. The van der Waals surface area contributed by atoms with Crippen LogP contribution >= 0.6 is 0 Å². The molecule has 0 spiro atoms. The van der Waals surface area contributed by atoms with Crippen LogP contribution in [0.3, 0.4) is 0 Å². The number of rotatable bonds is 7. The van der Waals surface area contributed by atoms with Gasteiger partial charge >= 0.3 is 6.09 Å². The van der Waals surface area contributed by atoms with Crippen molar-refractivity contribution < 1.29 is 19.4 Å². The van der Waals surface area contributed by atoms with Crippen LogP contribution in [0.4, 0.5) is 4.79 Å². The number of carbonyl (C=O) groups excluding carboxylic acids is 1. The summed E-state index contributed by atoms with van der Waals surface area (Å²) in [5.74, 6) is 0. The van der Waals surface area contributed by atoms with E-state index < -0.39 is 11.2 Å². The fourth-order valence-corrected chi connectivity index (χ4v) is 5.66. The molecule has 0 radical (unpaired) electrons. The molecule has 7 heteroatoms. The fourth-order valence-electron chi connectivity index (χ4n) is 5.66. The number of ether oxygens (including phenoxy) is 2. The van der Waals surface area contributed by atoms with Crippen LogP contribution in [0.25, 0.3) is 11.1 Å². The SMILES string of the molecule is C[C@@H](c1ccc(-c2cnn(C3CCOCC3)c2)cc1)N1CC[C@](CC(C)(C)O)(c2ccccc2)OC1=O. The minimum absolute atomic E-state index is 0.137. The Bertz CT molecular complexity index is 1200. The Morgan fingerprint density at radius 3 is 2.43 bits per heavy atom. The highest BCUT2D eigenvalue weighted by atomic mass is 16.6. The van der Waals surface area contributed by atoms with Crippen molar-refractivity contribution in [1.29, 1.82) is 0 Å². The third-order valence-corrected chi connectivity index (χ3v) is 7.65. The van der Waals surface area contributed by atoms with Crippen molar-refractivity contribution in [2.24, 2.45) is 0 Å². The van der Waals surface area contributed by atoms with Crippen molar-refractivity contribution in [2.75, 3.05) is 19.8 Å². The van der Waals surface area contributed by atoms with Gasteiger partial charge in [-0.2, -0.15) is 5.10 Å². The molecule has 2 fully saturated rings. The molecule has 2 atom stereocenters. The second-order valence-electron chi connectivity index (χ2n) is 11.0. The Balaban J connectivity index is 1.29. The number of hydrogen-bond donors (Lipinski definition) is 1. The summed E-state index contributed by atoms with van der Waals surface area (Å²) >= 11 is 0. The molecule has 3 heterocycles. The molecule has 0 unspecified atom stereocenters. The Kier molecular flexibility index (Phi) is 7.10. The van der Waals surface area contributed by atoms with Crippen LogP contribution in [0.5, 0.6) is 0 Å². The number of cyclic esters (lactones) is 1. The molecular weight excluding hydrogens is 466 g/mol. The molecule has 3 aromatic rings. The van der Waals surface area contributed by atoms with Crippen LogP contribution < -0.4 is 0 Å². The summed E-state index contributed by atoms with van der Waals surface area (Å²) in [6.45, 7) is 7.67. The maximum Gasteiger partial charge on any atom is 0.411 e. The van der Waals surface area contributed by atoms with E-state index in [-0.39, 0.29) is 12.1 Å². The van der Waals surface area contributed by atoms with Gasteiger partial charge in [0.1, 0.15) is 5.60 Å². The average molecular weight is 504 g/mol. The van der Waals surface area contributed by atoms with Gasteiger partial charge in [-0.1, -0.05) is 54.6 Å². The van der Waals surface area contributed by atoms with E-state index in [4.69, 9.17) is 9.47 Å². The average Bonchev–Trinajstić information content (AvgIpc) is 3.39. The van der Waals surface area contributed by atoms with Gasteiger partial charge < -0.3 is 19.5 Å². The Hall–Kier alpha value is -3.16. The van der Waals surface area contributed by atoms with Crippen LogP contribution in [-0.2, 0) is 15.1 Å². The predicted molar refractivity (Wildman–Crippen MR) is 142 cm³/mol. The standard InChI is InChI=1S/C30H37N3O4/c1-22(23-9-11-24(12-10-23)25-19-31-33(20-25)27-13-17-36-18-14-27)32-16-15-30(37-28(32)34,21-29(2,3)35)26-7-5-4-6-8-26/h4-12,19-20,22,27,35H,13-18,21H2,1-3H3/t22-,30-/m0/s1.